The molecule has 0 aliphatic carbocycles. The van der Waals surface area contributed by atoms with E-state index in [4.69, 9.17) is 9.47 Å². The number of aliphatic imine (C=N–C) groups is 1. The van der Waals surface area contributed by atoms with Gasteiger partial charge in [-0.25, -0.2) is 0 Å². The van der Waals surface area contributed by atoms with Crippen LogP contribution in [0, 0.1) is 0 Å². The Morgan fingerprint density at radius 1 is 1.14 bits per heavy atom. The SMILES string of the molecule is CN=C(NCCC(=O)OC)N1CCN(Cc2cc(OC)ccc2OC)CC1.I. The van der Waals surface area contributed by atoms with Gasteiger partial charge in [-0.3, -0.25) is 14.7 Å². The van der Waals surface area contributed by atoms with Gasteiger partial charge in [0, 0.05) is 51.9 Å². The van der Waals surface area contributed by atoms with E-state index in [0.29, 0.717) is 13.0 Å². The Morgan fingerprint density at radius 3 is 2.43 bits per heavy atom. The lowest BCUT2D eigenvalue weighted by Gasteiger charge is -2.36. The van der Waals surface area contributed by atoms with E-state index in [1.807, 2.05) is 18.2 Å². The van der Waals surface area contributed by atoms with Gasteiger partial charge in [-0.2, -0.15) is 0 Å². The molecule has 8 nitrogen and oxygen atoms in total. The molecule has 0 atom stereocenters. The van der Waals surface area contributed by atoms with Crippen LogP contribution in [0.15, 0.2) is 23.2 Å². The van der Waals surface area contributed by atoms with E-state index in [1.165, 1.54) is 7.11 Å². The Balaban J connectivity index is 0.00000392. The number of carbonyl (C=O) groups is 1. The minimum Gasteiger partial charge on any atom is -0.497 e. The lowest BCUT2D eigenvalue weighted by atomic mass is 10.1. The molecule has 1 fully saturated rings. The summed E-state index contributed by atoms with van der Waals surface area (Å²) in [6.45, 7) is 4.88. The maximum atomic E-state index is 11.2. The first-order chi connectivity index (χ1) is 13.1. The molecule has 0 radical (unpaired) electrons. The van der Waals surface area contributed by atoms with Crippen molar-refractivity contribution >= 4 is 35.9 Å². The van der Waals surface area contributed by atoms with Gasteiger partial charge in [0.2, 0.25) is 0 Å². The first-order valence-corrected chi connectivity index (χ1v) is 9.07. The van der Waals surface area contributed by atoms with Crippen molar-refractivity contribution in [1.29, 1.82) is 0 Å². The van der Waals surface area contributed by atoms with Crippen LogP contribution in [0.2, 0.25) is 0 Å². The normalized spacial score (nSPS) is 14.9. The second-order valence-electron chi connectivity index (χ2n) is 6.24. The molecule has 1 aliphatic rings. The average molecular weight is 506 g/mol. The number of esters is 1. The predicted octanol–water partition coefficient (Wildman–Crippen LogP) is 1.58. The summed E-state index contributed by atoms with van der Waals surface area (Å²) in [6.07, 6.45) is 0.325. The van der Waals surface area contributed by atoms with Crippen LogP contribution in [0.25, 0.3) is 0 Å². The minimum absolute atomic E-state index is 0. The number of ether oxygens (including phenoxy) is 3. The number of piperazine rings is 1. The van der Waals surface area contributed by atoms with Gasteiger partial charge < -0.3 is 24.4 Å². The van der Waals surface area contributed by atoms with Gasteiger partial charge in [0.15, 0.2) is 5.96 Å². The number of hydrogen-bond acceptors (Lipinski definition) is 6. The molecule has 9 heteroatoms. The Bertz CT molecular complexity index is 649. The maximum Gasteiger partial charge on any atom is 0.307 e. The van der Waals surface area contributed by atoms with Crippen molar-refractivity contribution in [3.63, 3.8) is 0 Å². The summed E-state index contributed by atoms with van der Waals surface area (Å²) in [5.74, 6) is 2.30. The fraction of sp³-hybridized carbons (Fsp3) is 0.579. The Morgan fingerprint density at radius 2 is 1.86 bits per heavy atom. The Kier molecular flexibility index (Phi) is 11.0. The number of carbonyl (C=O) groups excluding carboxylic acids is 1. The van der Waals surface area contributed by atoms with Crippen LogP contribution >= 0.6 is 24.0 Å². The van der Waals surface area contributed by atoms with Gasteiger partial charge in [0.05, 0.1) is 27.8 Å². The number of hydrogen-bond donors (Lipinski definition) is 1. The summed E-state index contributed by atoms with van der Waals surface area (Å²) >= 11 is 0. The van der Waals surface area contributed by atoms with Gasteiger partial charge in [-0.15, -0.1) is 24.0 Å². The van der Waals surface area contributed by atoms with E-state index < -0.39 is 0 Å². The molecule has 1 aromatic rings. The molecule has 1 aromatic carbocycles. The fourth-order valence-corrected chi connectivity index (χ4v) is 3.07. The van der Waals surface area contributed by atoms with Crippen LogP contribution in [-0.2, 0) is 16.1 Å². The highest BCUT2D eigenvalue weighted by atomic mass is 127. The van der Waals surface area contributed by atoms with Gasteiger partial charge in [0.1, 0.15) is 11.5 Å². The van der Waals surface area contributed by atoms with E-state index in [1.54, 1.807) is 21.3 Å². The van der Waals surface area contributed by atoms with E-state index in [-0.39, 0.29) is 29.9 Å². The van der Waals surface area contributed by atoms with Crippen molar-refractivity contribution in [3.05, 3.63) is 23.8 Å². The zero-order valence-corrected chi connectivity index (χ0v) is 19.4. The summed E-state index contributed by atoms with van der Waals surface area (Å²) in [6, 6.07) is 5.88. The lowest BCUT2D eigenvalue weighted by molar-refractivity contribution is -0.140. The van der Waals surface area contributed by atoms with E-state index in [2.05, 4.69) is 24.8 Å². The van der Waals surface area contributed by atoms with E-state index >= 15 is 0 Å². The molecule has 158 valence electrons. The summed E-state index contributed by atoms with van der Waals surface area (Å²) in [7, 11) is 6.51. The number of nitrogens with zero attached hydrogens (tertiary/aromatic N) is 3. The number of benzene rings is 1. The van der Waals surface area contributed by atoms with Gasteiger partial charge >= 0.3 is 5.97 Å². The highest BCUT2D eigenvalue weighted by molar-refractivity contribution is 14.0. The minimum atomic E-state index is -0.227. The van der Waals surface area contributed by atoms with Crippen molar-refractivity contribution in [2.75, 3.05) is 61.1 Å². The number of methoxy groups -OCH3 is 3. The van der Waals surface area contributed by atoms with Crippen LogP contribution in [0.5, 0.6) is 11.5 Å². The molecule has 0 bridgehead atoms. The molecule has 1 N–H and O–H groups in total. The van der Waals surface area contributed by atoms with Crippen molar-refractivity contribution < 1.29 is 19.0 Å². The van der Waals surface area contributed by atoms with Crippen LogP contribution in [0.4, 0.5) is 0 Å². The molecule has 0 aromatic heterocycles. The fourth-order valence-electron chi connectivity index (χ4n) is 3.07. The Labute approximate surface area is 184 Å². The zero-order chi connectivity index (χ0) is 19.6. The number of halogens is 1. The molecule has 1 saturated heterocycles. The molecule has 0 amide bonds. The highest BCUT2D eigenvalue weighted by Crippen LogP contribution is 2.25. The number of rotatable bonds is 7. The molecule has 0 spiro atoms. The van der Waals surface area contributed by atoms with Crippen molar-refractivity contribution in [1.82, 2.24) is 15.1 Å². The summed E-state index contributed by atoms with van der Waals surface area (Å²) < 4.78 is 15.5. The summed E-state index contributed by atoms with van der Waals surface area (Å²) in [4.78, 5) is 20.1. The molecule has 28 heavy (non-hydrogen) atoms. The highest BCUT2D eigenvalue weighted by Gasteiger charge is 2.21. The molecule has 0 unspecified atom stereocenters. The van der Waals surface area contributed by atoms with E-state index in [0.717, 1.165) is 55.7 Å². The van der Waals surface area contributed by atoms with Crippen LogP contribution < -0.4 is 14.8 Å². The third-order valence-corrected chi connectivity index (χ3v) is 4.61. The third kappa shape index (κ3) is 7.01. The van der Waals surface area contributed by atoms with Gasteiger partial charge in [0.25, 0.3) is 0 Å². The van der Waals surface area contributed by atoms with Crippen LogP contribution in [0.3, 0.4) is 0 Å². The van der Waals surface area contributed by atoms with Crippen LogP contribution in [0.1, 0.15) is 12.0 Å². The largest absolute Gasteiger partial charge is 0.497 e. The van der Waals surface area contributed by atoms with Crippen LogP contribution in [-0.4, -0.2) is 82.8 Å². The molecule has 2 rings (SSSR count). The quantitative estimate of drug-likeness (QED) is 0.261. The monoisotopic (exact) mass is 506 g/mol. The smallest absolute Gasteiger partial charge is 0.307 e. The van der Waals surface area contributed by atoms with Crippen molar-refractivity contribution in [2.24, 2.45) is 4.99 Å². The van der Waals surface area contributed by atoms with E-state index in [9.17, 15) is 4.79 Å². The lowest BCUT2D eigenvalue weighted by Crippen LogP contribution is -2.52. The first kappa shape index (κ1) is 24.3. The molecule has 1 aliphatic heterocycles. The molecular formula is C19H31IN4O4. The van der Waals surface area contributed by atoms with Gasteiger partial charge in [-0.05, 0) is 18.2 Å². The standard InChI is InChI=1S/C19H30N4O4.HI/c1-20-19(21-8-7-18(24)27-4)23-11-9-22(10-12-23)14-15-13-16(25-2)5-6-17(15)26-3;/h5-6,13H,7-12,14H2,1-4H3,(H,20,21);1H. The number of nitrogens with one attached hydrogen (secondary N) is 1. The molecule has 0 saturated carbocycles. The first-order valence-electron chi connectivity index (χ1n) is 9.07. The number of guanidine groups is 1. The Hall–Kier alpha value is -1.75. The summed E-state index contributed by atoms with van der Waals surface area (Å²) in [5.41, 5.74) is 1.12. The van der Waals surface area contributed by atoms with Crippen molar-refractivity contribution in [2.45, 2.75) is 13.0 Å². The zero-order valence-electron chi connectivity index (χ0n) is 17.1. The second kappa shape index (κ2) is 12.7. The average Bonchev–Trinajstić information content (AvgIpc) is 2.71. The maximum absolute atomic E-state index is 11.2. The van der Waals surface area contributed by atoms with Crippen molar-refractivity contribution in [3.8, 4) is 11.5 Å². The third-order valence-electron chi connectivity index (χ3n) is 4.61. The predicted molar refractivity (Wildman–Crippen MR) is 120 cm³/mol. The molecule has 1 heterocycles. The molecular weight excluding hydrogens is 475 g/mol. The second-order valence-corrected chi connectivity index (χ2v) is 6.24. The van der Waals surface area contributed by atoms with Gasteiger partial charge in [-0.1, -0.05) is 0 Å². The summed E-state index contributed by atoms with van der Waals surface area (Å²) in [5, 5.41) is 3.22. The topological polar surface area (TPSA) is 75.6 Å².